The van der Waals surface area contributed by atoms with Gasteiger partial charge in [0.25, 0.3) is 5.91 Å². The molecule has 1 fully saturated rings. The summed E-state index contributed by atoms with van der Waals surface area (Å²) in [5, 5.41) is 6.59. The Morgan fingerprint density at radius 3 is 3.00 bits per heavy atom. The highest BCUT2D eigenvalue weighted by atomic mass is 16.5. The van der Waals surface area contributed by atoms with E-state index in [1.165, 1.54) is 0 Å². The van der Waals surface area contributed by atoms with Crippen LogP contribution in [0.15, 0.2) is 10.6 Å². The smallest absolute Gasteiger partial charge is 0.289 e. The first-order valence-electron chi connectivity index (χ1n) is 6.41. The monoisotopic (exact) mass is 252 g/mol. The summed E-state index contributed by atoms with van der Waals surface area (Å²) in [6.07, 6.45) is 1.24. The number of rotatable bonds is 4. The molecule has 2 heterocycles. The van der Waals surface area contributed by atoms with Gasteiger partial charge in [-0.2, -0.15) is 0 Å². The van der Waals surface area contributed by atoms with Crippen molar-refractivity contribution in [3.05, 3.63) is 17.5 Å². The van der Waals surface area contributed by atoms with Crippen LogP contribution in [-0.2, 0) is 4.74 Å². The third-order valence-electron chi connectivity index (χ3n) is 3.30. The molecule has 5 heteroatoms. The lowest BCUT2D eigenvalue weighted by molar-refractivity contribution is 0.0531. The molecule has 1 aromatic heterocycles. The quantitative estimate of drug-likeness (QED) is 0.887. The van der Waals surface area contributed by atoms with Crippen molar-refractivity contribution in [2.24, 2.45) is 11.8 Å². The van der Waals surface area contributed by atoms with Crippen LogP contribution >= 0.6 is 0 Å². The van der Waals surface area contributed by atoms with Crippen LogP contribution in [-0.4, -0.2) is 30.3 Å². The molecule has 0 radical (unpaired) electrons. The van der Waals surface area contributed by atoms with Gasteiger partial charge in [-0.05, 0) is 19.3 Å². The Morgan fingerprint density at radius 2 is 2.39 bits per heavy atom. The van der Waals surface area contributed by atoms with Crippen LogP contribution in [0, 0.1) is 18.8 Å². The van der Waals surface area contributed by atoms with Gasteiger partial charge in [0.1, 0.15) is 0 Å². The first-order chi connectivity index (χ1) is 8.58. The van der Waals surface area contributed by atoms with Crippen molar-refractivity contribution in [3.63, 3.8) is 0 Å². The molecule has 0 aromatic carbocycles. The summed E-state index contributed by atoms with van der Waals surface area (Å²) in [6.45, 7) is 7.49. The molecule has 1 aromatic rings. The molecular weight excluding hydrogens is 232 g/mol. The fraction of sp³-hybridized carbons (Fsp3) is 0.692. The summed E-state index contributed by atoms with van der Waals surface area (Å²) < 4.78 is 10.6. The summed E-state index contributed by atoms with van der Waals surface area (Å²) in [7, 11) is 0. The van der Waals surface area contributed by atoms with Gasteiger partial charge in [0.05, 0.1) is 11.8 Å². The maximum atomic E-state index is 11.8. The van der Waals surface area contributed by atoms with Crippen molar-refractivity contribution in [1.29, 1.82) is 0 Å². The van der Waals surface area contributed by atoms with Gasteiger partial charge < -0.3 is 14.6 Å². The minimum atomic E-state index is -0.204. The first-order valence-corrected chi connectivity index (χ1v) is 6.41. The maximum Gasteiger partial charge on any atom is 0.289 e. The number of amides is 1. The predicted octanol–water partition coefficient (Wildman–Crippen LogP) is 1.77. The van der Waals surface area contributed by atoms with Crippen molar-refractivity contribution in [2.75, 3.05) is 13.2 Å². The van der Waals surface area contributed by atoms with E-state index in [-0.39, 0.29) is 17.8 Å². The van der Waals surface area contributed by atoms with E-state index in [1.54, 1.807) is 13.0 Å². The first kappa shape index (κ1) is 13.1. The molecule has 1 aliphatic heterocycles. The van der Waals surface area contributed by atoms with E-state index < -0.39 is 0 Å². The van der Waals surface area contributed by atoms with E-state index in [1.807, 2.05) is 0 Å². The number of hydrogen-bond donors (Lipinski definition) is 1. The highest BCUT2D eigenvalue weighted by Gasteiger charge is 2.31. The van der Waals surface area contributed by atoms with Gasteiger partial charge in [0.15, 0.2) is 0 Å². The number of nitrogens with zero attached hydrogens (tertiary/aromatic N) is 1. The molecule has 0 spiro atoms. The molecule has 18 heavy (non-hydrogen) atoms. The molecule has 2 rings (SSSR count). The van der Waals surface area contributed by atoms with Crippen molar-refractivity contribution in [2.45, 2.75) is 33.3 Å². The van der Waals surface area contributed by atoms with Crippen LogP contribution in [0.3, 0.4) is 0 Å². The third kappa shape index (κ3) is 2.90. The second-order valence-electron chi connectivity index (χ2n) is 5.17. The number of hydrogen-bond acceptors (Lipinski definition) is 4. The SMILES string of the molecule is Cc1cc(C(=O)NC[C@H]2CCO[C@@H]2C(C)C)on1. The van der Waals surface area contributed by atoms with Gasteiger partial charge in [-0.25, -0.2) is 0 Å². The molecule has 0 saturated carbocycles. The Hall–Kier alpha value is -1.36. The molecule has 1 saturated heterocycles. The van der Waals surface area contributed by atoms with Gasteiger partial charge in [-0.1, -0.05) is 19.0 Å². The zero-order valence-corrected chi connectivity index (χ0v) is 11.1. The second-order valence-corrected chi connectivity index (χ2v) is 5.17. The van der Waals surface area contributed by atoms with E-state index >= 15 is 0 Å². The standard InChI is InChI=1S/C13H20N2O3/c1-8(2)12-10(4-5-17-12)7-14-13(16)11-6-9(3)15-18-11/h6,8,10,12H,4-5,7H2,1-3H3,(H,14,16)/t10-,12-/m1/s1. The molecule has 1 N–H and O–H groups in total. The Labute approximate surface area is 107 Å². The Bertz CT molecular complexity index is 414. The van der Waals surface area contributed by atoms with Crippen molar-refractivity contribution >= 4 is 5.91 Å². The number of ether oxygens (including phenoxy) is 1. The molecule has 2 atom stereocenters. The fourth-order valence-corrected chi connectivity index (χ4v) is 2.39. The summed E-state index contributed by atoms with van der Waals surface area (Å²) in [4.78, 5) is 11.8. The minimum absolute atomic E-state index is 0.204. The van der Waals surface area contributed by atoms with E-state index in [0.29, 0.717) is 24.1 Å². The van der Waals surface area contributed by atoms with Crippen LogP contribution < -0.4 is 5.32 Å². The molecule has 5 nitrogen and oxygen atoms in total. The normalized spacial score (nSPS) is 23.6. The van der Waals surface area contributed by atoms with Gasteiger partial charge in [-0.15, -0.1) is 0 Å². The number of carbonyl (C=O) groups is 1. The molecule has 0 aliphatic carbocycles. The van der Waals surface area contributed by atoms with Crippen LogP contribution in [0.4, 0.5) is 0 Å². The molecule has 100 valence electrons. The highest BCUT2D eigenvalue weighted by molar-refractivity contribution is 5.91. The zero-order chi connectivity index (χ0) is 13.1. The third-order valence-corrected chi connectivity index (χ3v) is 3.30. The topological polar surface area (TPSA) is 64.4 Å². The van der Waals surface area contributed by atoms with E-state index in [2.05, 4.69) is 24.3 Å². The van der Waals surface area contributed by atoms with Crippen molar-refractivity contribution in [1.82, 2.24) is 10.5 Å². The van der Waals surface area contributed by atoms with Gasteiger partial charge in [-0.3, -0.25) is 4.79 Å². The summed E-state index contributed by atoms with van der Waals surface area (Å²) >= 11 is 0. The van der Waals surface area contributed by atoms with Gasteiger partial charge in [0, 0.05) is 25.1 Å². The Morgan fingerprint density at radius 1 is 1.61 bits per heavy atom. The lowest BCUT2D eigenvalue weighted by Crippen LogP contribution is -2.34. The van der Waals surface area contributed by atoms with E-state index in [4.69, 9.17) is 9.26 Å². The highest BCUT2D eigenvalue weighted by Crippen LogP contribution is 2.26. The number of nitrogens with one attached hydrogen (secondary N) is 1. The van der Waals surface area contributed by atoms with E-state index in [9.17, 15) is 4.79 Å². The van der Waals surface area contributed by atoms with Crippen LogP contribution in [0.25, 0.3) is 0 Å². The largest absolute Gasteiger partial charge is 0.378 e. The molecule has 0 bridgehead atoms. The van der Waals surface area contributed by atoms with Gasteiger partial charge >= 0.3 is 0 Å². The van der Waals surface area contributed by atoms with Crippen LogP contribution in [0.2, 0.25) is 0 Å². The summed E-state index contributed by atoms with van der Waals surface area (Å²) in [6, 6.07) is 1.64. The lowest BCUT2D eigenvalue weighted by atomic mass is 9.93. The molecular formula is C13H20N2O3. The number of aryl methyl sites for hydroxylation is 1. The second kappa shape index (κ2) is 5.52. The minimum Gasteiger partial charge on any atom is -0.378 e. The Balaban J connectivity index is 1.86. The maximum absolute atomic E-state index is 11.8. The average Bonchev–Trinajstić information content (AvgIpc) is 2.94. The Kier molecular flexibility index (Phi) is 4.01. The number of aromatic nitrogens is 1. The average molecular weight is 252 g/mol. The predicted molar refractivity (Wildman–Crippen MR) is 66.3 cm³/mol. The molecule has 0 unspecified atom stereocenters. The molecule has 1 amide bonds. The van der Waals surface area contributed by atoms with E-state index in [0.717, 1.165) is 13.0 Å². The summed E-state index contributed by atoms with van der Waals surface area (Å²) in [5.74, 6) is 0.928. The van der Waals surface area contributed by atoms with Crippen molar-refractivity contribution < 1.29 is 14.1 Å². The lowest BCUT2D eigenvalue weighted by Gasteiger charge is -2.21. The van der Waals surface area contributed by atoms with Crippen LogP contribution in [0.1, 0.15) is 36.5 Å². The fourth-order valence-electron chi connectivity index (χ4n) is 2.39. The molecule has 1 aliphatic rings. The summed E-state index contributed by atoms with van der Waals surface area (Å²) in [5.41, 5.74) is 0.712. The van der Waals surface area contributed by atoms with Crippen molar-refractivity contribution in [3.8, 4) is 0 Å². The zero-order valence-electron chi connectivity index (χ0n) is 11.1. The number of carbonyl (C=O) groups excluding carboxylic acids is 1. The van der Waals surface area contributed by atoms with Crippen LogP contribution in [0.5, 0.6) is 0 Å². The van der Waals surface area contributed by atoms with Gasteiger partial charge in [0.2, 0.25) is 5.76 Å².